The van der Waals surface area contributed by atoms with Crippen molar-refractivity contribution < 1.29 is 0 Å². The van der Waals surface area contributed by atoms with Crippen LogP contribution in [-0.2, 0) is 12.8 Å². The van der Waals surface area contributed by atoms with Crippen LogP contribution >= 0.6 is 35.3 Å². The van der Waals surface area contributed by atoms with E-state index in [1.807, 2.05) is 14.0 Å². The smallest absolute Gasteiger partial charge is 0.190 e. The minimum atomic E-state index is 0. The Morgan fingerprint density at radius 3 is 2.32 bits per heavy atom. The van der Waals surface area contributed by atoms with E-state index in [0.29, 0.717) is 0 Å². The monoisotopic (exact) mass is 472 g/mol. The molecule has 2 aromatic rings. The minimum absolute atomic E-state index is 0. The SMILES string of the molecule is CN=C(NCCCc1nc(C)cs1)NCCc1cc(C)cc(C)c1.I. The van der Waals surface area contributed by atoms with Crippen molar-refractivity contribution in [3.8, 4) is 0 Å². The normalized spacial score (nSPS) is 11.1. The van der Waals surface area contributed by atoms with Crippen LogP contribution in [0, 0.1) is 20.8 Å². The second-order valence-electron chi connectivity index (χ2n) is 6.16. The van der Waals surface area contributed by atoms with E-state index >= 15 is 0 Å². The van der Waals surface area contributed by atoms with Crippen molar-refractivity contribution in [2.75, 3.05) is 20.1 Å². The summed E-state index contributed by atoms with van der Waals surface area (Å²) in [5.74, 6) is 0.870. The molecule has 0 aliphatic rings. The fourth-order valence-corrected chi connectivity index (χ4v) is 3.54. The van der Waals surface area contributed by atoms with Gasteiger partial charge in [-0.1, -0.05) is 29.3 Å². The number of aromatic nitrogens is 1. The Labute approximate surface area is 172 Å². The molecule has 25 heavy (non-hydrogen) atoms. The second-order valence-corrected chi connectivity index (χ2v) is 7.10. The molecule has 138 valence electrons. The van der Waals surface area contributed by atoms with Crippen molar-refractivity contribution in [3.05, 3.63) is 51.0 Å². The van der Waals surface area contributed by atoms with E-state index in [0.717, 1.165) is 44.0 Å². The van der Waals surface area contributed by atoms with E-state index in [-0.39, 0.29) is 24.0 Å². The van der Waals surface area contributed by atoms with Crippen LogP contribution in [0.15, 0.2) is 28.6 Å². The molecule has 0 saturated heterocycles. The molecule has 0 bridgehead atoms. The lowest BCUT2D eigenvalue weighted by Gasteiger charge is -2.12. The lowest BCUT2D eigenvalue weighted by Crippen LogP contribution is -2.38. The molecule has 1 aromatic heterocycles. The summed E-state index contributed by atoms with van der Waals surface area (Å²) in [6, 6.07) is 6.71. The molecule has 0 unspecified atom stereocenters. The standard InChI is InChI=1S/C19H28N4S.HI/c1-14-10-15(2)12-17(11-14)7-9-22-19(20-4)21-8-5-6-18-23-16(3)13-24-18;/h10-13H,5-9H2,1-4H3,(H2,20,21,22);1H. The van der Waals surface area contributed by atoms with Gasteiger partial charge in [0.05, 0.1) is 5.01 Å². The number of rotatable bonds is 7. The molecule has 2 rings (SSSR count). The number of benzene rings is 1. The summed E-state index contributed by atoms with van der Waals surface area (Å²) < 4.78 is 0. The van der Waals surface area contributed by atoms with E-state index in [1.54, 1.807) is 11.3 Å². The summed E-state index contributed by atoms with van der Waals surface area (Å²) >= 11 is 1.74. The highest BCUT2D eigenvalue weighted by Gasteiger charge is 2.01. The molecule has 0 fully saturated rings. The van der Waals surface area contributed by atoms with Gasteiger partial charge >= 0.3 is 0 Å². The lowest BCUT2D eigenvalue weighted by molar-refractivity contribution is 0.736. The Hall–Kier alpha value is -1.15. The van der Waals surface area contributed by atoms with Crippen LogP contribution in [0.3, 0.4) is 0 Å². The Kier molecular flexibility index (Phi) is 10.0. The zero-order chi connectivity index (χ0) is 17.4. The summed E-state index contributed by atoms with van der Waals surface area (Å²) in [7, 11) is 1.82. The third-order valence-corrected chi connectivity index (χ3v) is 4.76. The van der Waals surface area contributed by atoms with Crippen molar-refractivity contribution in [1.82, 2.24) is 15.6 Å². The predicted molar refractivity (Wildman–Crippen MR) is 120 cm³/mol. The van der Waals surface area contributed by atoms with Crippen LogP contribution < -0.4 is 10.6 Å². The van der Waals surface area contributed by atoms with E-state index < -0.39 is 0 Å². The molecule has 0 saturated carbocycles. The van der Waals surface area contributed by atoms with E-state index in [2.05, 4.69) is 58.0 Å². The van der Waals surface area contributed by atoms with Crippen LogP contribution in [0.1, 0.15) is 33.8 Å². The van der Waals surface area contributed by atoms with Crippen LogP contribution in [0.25, 0.3) is 0 Å². The molecular weight excluding hydrogens is 443 g/mol. The van der Waals surface area contributed by atoms with Gasteiger partial charge in [0.15, 0.2) is 5.96 Å². The van der Waals surface area contributed by atoms with Crippen molar-refractivity contribution >= 4 is 41.3 Å². The first-order valence-corrected chi connectivity index (χ1v) is 9.37. The van der Waals surface area contributed by atoms with Gasteiger partial charge in [-0.3, -0.25) is 4.99 Å². The zero-order valence-electron chi connectivity index (χ0n) is 15.6. The van der Waals surface area contributed by atoms with Gasteiger partial charge in [0, 0.05) is 37.6 Å². The van der Waals surface area contributed by atoms with Crippen LogP contribution in [-0.4, -0.2) is 31.1 Å². The molecule has 0 aliphatic carbocycles. The van der Waals surface area contributed by atoms with Crippen molar-refractivity contribution in [2.24, 2.45) is 4.99 Å². The summed E-state index contributed by atoms with van der Waals surface area (Å²) in [6.07, 6.45) is 3.08. The molecule has 6 heteroatoms. The maximum Gasteiger partial charge on any atom is 0.190 e. The molecule has 0 aliphatic heterocycles. The molecule has 4 nitrogen and oxygen atoms in total. The highest BCUT2D eigenvalue weighted by atomic mass is 127. The number of guanidine groups is 1. The van der Waals surface area contributed by atoms with E-state index in [4.69, 9.17) is 0 Å². The average Bonchev–Trinajstić information content (AvgIpc) is 2.94. The maximum atomic E-state index is 4.49. The molecule has 0 spiro atoms. The summed E-state index contributed by atoms with van der Waals surface area (Å²) in [5.41, 5.74) is 5.14. The van der Waals surface area contributed by atoms with Crippen molar-refractivity contribution in [1.29, 1.82) is 0 Å². The fraction of sp³-hybridized carbons (Fsp3) is 0.474. The molecule has 0 amide bonds. The lowest BCUT2D eigenvalue weighted by atomic mass is 10.1. The molecule has 0 radical (unpaired) electrons. The van der Waals surface area contributed by atoms with Gasteiger partial charge in [-0.15, -0.1) is 35.3 Å². The number of aliphatic imine (C=N–C) groups is 1. The number of halogens is 1. The van der Waals surface area contributed by atoms with Gasteiger partial charge in [0.1, 0.15) is 0 Å². The van der Waals surface area contributed by atoms with Gasteiger partial charge in [0.2, 0.25) is 0 Å². The summed E-state index contributed by atoms with van der Waals surface area (Å²) in [4.78, 5) is 8.77. The first-order chi connectivity index (χ1) is 11.6. The van der Waals surface area contributed by atoms with Gasteiger partial charge < -0.3 is 10.6 Å². The molecule has 1 heterocycles. The number of nitrogens with zero attached hydrogens (tertiary/aromatic N) is 2. The van der Waals surface area contributed by atoms with Gasteiger partial charge in [0.25, 0.3) is 0 Å². The van der Waals surface area contributed by atoms with Gasteiger partial charge in [-0.05, 0) is 39.2 Å². The summed E-state index contributed by atoms with van der Waals surface area (Å²) in [5, 5.41) is 10.1. The Bertz CT molecular complexity index is 662. The molecule has 0 atom stereocenters. The maximum absolute atomic E-state index is 4.49. The van der Waals surface area contributed by atoms with Crippen molar-refractivity contribution in [3.63, 3.8) is 0 Å². The van der Waals surface area contributed by atoms with Crippen LogP contribution in [0.2, 0.25) is 0 Å². The molecular formula is C19H29IN4S. The number of hydrogen-bond acceptors (Lipinski definition) is 3. The largest absolute Gasteiger partial charge is 0.356 e. The fourth-order valence-electron chi connectivity index (χ4n) is 2.72. The van der Waals surface area contributed by atoms with Gasteiger partial charge in [-0.25, -0.2) is 4.98 Å². The summed E-state index contributed by atoms with van der Waals surface area (Å²) in [6.45, 7) is 8.12. The highest BCUT2D eigenvalue weighted by molar-refractivity contribution is 14.0. The number of hydrogen-bond donors (Lipinski definition) is 2. The Balaban J connectivity index is 0.00000312. The predicted octanol–water partition coefficient (Wildman–Crippen LogP) is 4.03. The van der Waals surface area contributed by atoms with Crippen LogP contribution in [0.5, 0.6) is 0 Å². The second kappa shape index (κ2) is 11.5. The van der Waals surface area contributed by atoms with E-state index in [1.165, 1.54) is 21.7 Å². The first-order valence-electron chi connectivity index (χ1n) is 8.49. The number of nitrogens with one attached hydrogen (secondary N) is 2. The quantitative estimate of drug-likeness (QED) is 0.277. The topological polar surface area (TPSA) is 49.3 Å². The Morgan fingerprint density at radius 1 is 1.04 bits per heavy atom. The molecule has 2 N–H and O–H groups in total. The number of aryl methyl sites for hydroxylation is 4. The average molecular weight is 472 g/mol. The third kappa shape index (κ3) is 8.18. The van der Waals surface area contributed by atoms with Gasteiger partial charge in [-0.2, -0.15) is 0 Å². The highest BCUT2D eigenvalue weighted by Crippen LogP contribution is 2.10. The molecule has 1 aromatic carbocycles. The first kappa shape index (κ1) is 21.9. The zero-order valence-corrected chi connectivity index (χ0v) is 18.7. The van der Waals surface area contributed by atoms with Crippen LogP contribution in [0.4, 0.5) is 0 Å². The van der Waals surface area contributed by atoms with E-state index in [9.17, 15) is 0 Å². The third-order valence-electron chi connectivity index (χ3n) is 3.74. The Morgan fingerprint density at radius 2 is 1.72 bits per heavy atom. The number of thiazole rings is 1. The minimum Gasteiger partial charge on any atom is -0.356 e. The van der Waals surface area contributed by atoms with Crippen molar-refractivity contribution in [2.45, 2.75) is 40.0 Å².